The minimum Gasteiger partial charge on any atom is -0.398 e. The van der Waals surface area contributed by atoms with Gasteiger partial charge in [0.15, 0.2) is 0 Å². The van der Waals surface area contributed by atoms with Gasteiger partial charge in [-0.3, -0.25) is 4.79 Å². The number of para-hydroxylation sites is 1. The van der Waals surface area contributed by atoms with E-state index in [4.69, 9.17) is 5.73 Å². The summed E-state index contributed by atoms with van der Waals surface area (Å²) < 4.78 is 0.907. The molecule has 0 aliphatic rings. The Labute approximate surface area is 133 Å². The van der Waals surface area contributed by atoms with Crippen molar-refractivity contribution < 1.29 is 4.79 Å². The third-order valence-electron chi connectivity index (χ3n) is 3.27. The number of hydrogen-bond donors (Lipinski definition) is 1. The molecule has 2 aromatic rings. The largest absolute Gasteiger partial charge is 0.398 e. The van der Waals surface area contributed by atoms with E-state index in [1.165, 1.54) is 0 Å². The Morgan fingerprint density at radius 3 is 2.62 bits per heavy atom. The van der Waals surface area contributed by atoms with Crippen molar-refractivity contribution in [3.63, 3.8) is 0 Å². The highest BCUT2D eigenvalue weighted by Gasteiger charge is 2.16. The van der Waals surface area contributed by atoms with E-state index in [1.54, 1.807) is 0 Å². The molecule has 1 amide bonds. The smallest absolute Gasteiger partial charge is 0.254 e. The van der Waals surface area contributed by atoms with Crippen molar-refractivity contribution in [1.82, 2.24) is 4.90 Å². The Kier molecular flexibility index (Phi) is 5.39. The highest BCUT2D eigenvalue weighted by atomic mass is 79.9. The predicted octanol–water partition coefficient (Wildman–Crippen LogP) is 4.08. The van der Waals surface area contributed by atoms with Crippen LogP contribution in [0.3, 0.4) is 0 Å². The van der Waals surface area contributed by atoms with Crippen molar-refractivity contribution >= 4 is 27.5 Å². The van der Waals surface area contributed by atoms with Crippen molar-refractivity contribution in [2.24, 2.45) is 0 Å². The van der Waals surface area contributed by atoms with E-state index in [0.29, 0.717) is 18.7 Å². The molecule has 4 heteroatoms. The summed E-state index contributed by atoms with van der Waals surface area (Å²) in [6.07, 6.45) is 0.909. The molecule has 0 unspecified atom stereocenters. The number of anilines is 1. The standard InChI is InChI=1S/C17H19BrN2O/c1-2-10-20(12-14-6-3-4-9-16(14)19)17(21)13-7-5-8-15(18)11-13/h3-9,11H,2,10,12,19H2,1H3. The van der Waals surface area contributed by atoms with Crippen molar-refractivity contribution in [2.75, 3.05) is 12.3 Å². The van der Waals surface area contributed by atoms with E-state index in [2.05, 4.69) is 22.9 Å². The van der Waals surface area contributed by atoms with E-state index in [-0.39, 0.29) is 5.91 Å². The van der Waals surface area contributed by atoms with Gasteiger partial charge in [-0.05, 0) is 36.2 Å². The van der Waals surface area contributed by atoms with Gasteiger partial charge in [0.05, 0.1) is 0 Å². The Balaban J connectivity index is 2.22. The molecule has 3 nitrogen and oxygen atoms in total. The third-order valence-corrected chi connectivity index (χ3v) is 3.76. The Hall–Kier alpha value is -1.81. The van der Waals surface area contributed by atoms with Crippen molar-refractivity contribution in [3.8, 4) is 0 Å². The maximum Gasteiger partial charge on any atom is 0.254 e. The summed E-state index contributed by atoms with van der Waals surface area (Å²) in [5.74, 6) is 0.0291. The number of benzene rings is 2. The van der Waals surface area contributed by atoms with Gasteiger partial charge in [0.1, 0.15) is 0 Å². The SMILES string of the molecule is CCCN(Cc1ccccc1N)C(=O)c1cccc(Br)c1. The van der Waals surface area contributed by atoms with Gasteiger partial charge in [-0.25, -0.2) is 0 Å². The molecule has 0 bridgehead atoms. The second-order valence-corrected chi connectivity index (χ2v) is 5.85. The van der Waals surface area contributed by atoms with E-state index < -0.39 is 0 Å². The number of carbonyl (C=O) groups is 1. The number of nitrogen functional groups attached to an aromatic ring is 1. The van der Waals surface area contributed by atoms with Gasteiger partial charge in [0.2, 0.25) is 0 Å². The third kappa shape index (κ3) is 4.08. The van der Waals surface area contributed by atoms with Gasteiger partial charge < -0.3 is 10.6 Å². The minimum atomic E-state index is 0.0291. The molecule has 2 N–H and O–H groups in total. The molecule has 110 valence electrons. The molecular formula is C17H19BrN2O. The summed E-state index contributed by atoms with van der Waals surface area (Å²) in [5.41, 5.74) is 8.37. The number of nitrogens with two attached hydrogens (primary N) is 1. The molecule has 0 saturated heterocycles. The lowest BCUT2D eigenvalue weighted by Gasteiger charge is -2.23. The average Bonchev–Trinajstić information content (AvgIpc) is 2.48. The van der Waals surface area contributed by atoms with Crippen LogP contribution in [0, 0.1) is 0 Å². The summed E-state index contributed by atoms with van der Waals surface area (Å²) in [4.78, 5) is 14.5. The van der Waals surface area contributed by atoms with Gasteiger partial charge in [0.25, 0.3) is 5.91 Å². The van der Waals surface area contributed by atoms with Crippen LogP contribution in [0.4, 0.5) is 5.69 Å². The number of hydrogen-bond acceptors (Lipinski definition) is 2. The molecule has 0 fully saturated rings. The van der Waals surface area contributed by atoms with Crippen LogP contribution in [-0.2, 0) is 6.54 Å². The molecule has 0 radical (unpaired) electrons. The van der Waals surface area contributed by atoms with Gasteiger partial charge in [-0.2, -0.15) is 0 Å². The zero-order chi connectivity index (χ0) is 15.2. The van der Waals surface area contributed by atoms with Crippen LogP contribution >= 0.6 is 15.9 Å². The fraction of sp³-hybridized carbons (Fsp3) is 0.235. The van der Waals surface area contributed by atoms with Gasteiger partial charge >= 0.3 is 0 Å². The van der Waals surface area contributed by atoms with Crippen LogP contribution in [-0.4, -0.2) is 17.4 Å². The first kappa shape index (κ1) is 15.6. The molecule has 21 heavy (non-hydrogen) atoms. The first-order valence-corrected chi connectivity index (χ1v) is 7.79. The predicted molar refractivity (Wildman–Crippen MR) is 90.0 cm³/mol. The molecular weight excluding hydrogens is 328 g/mol. The number of rotatable bonds is 5. The summed E-state index contributed by atoms with van der Waals surface area (Å²) in [6, 6.07) is 15.1. The van der Waals surface area contributed by atoms with Crippen LogP contribution in [0.1, 0.15) is 29.3 Å². The number of halogens is 1. The lowest BCUT2D eigenvalue weighted by molar-refractivity contribution is 0.0743. The maximum atomic E-state index is 12.7. The average molecular weight is 347 g/mol. The lowest BCUT2D eigenvalue weighted by atomic mass is 10.1. The van der Waals surface area contributed by atoms with Crippen molar-refractivity contribution in [2.45, 2.75) is 19.9 Å². The summed E-state index contributed by atoms with van der Waals surface area (Å²) >= 11 is 3.41. The van der Waals surface area contributed by atoms with Gasteiger partial charge in [0, 0.05) is 28.8 Å². The highest BCUT2D eigenvalue weighted by molar-refractivity contribution is 9.10. The van der Waals surface area contributed by atoms with Crippen LogP contribution < -0.4 is 5.73 Å². The number of carbonyl (C=O) groups excluding carboxylic acids is 1. The maximum absolute atomic E-state index is 12.7. The van der Waals surface area contributed by atoms with Crippen LogP contribution in [0.5, 0.6) is 0 Å². The second-order valence-electron chi connectivity index (χ2n) is 4.94. The molecule has 0 heterocycles. The molecule has 0 aromatic heterocycles. The molecule has 0 aliphatic heterocycles. The van der Waals surface area contributed by atoms with E-state index in [9.17, 15) is 4.79 Å². The first-order chi connectivity index (χ1) is 10.1. The Morgan fingerprint density at radius 2 is 1.95 bits per heavy atom. The normalized spacial score (nSPS) is 10.4. The molecule has 0 atom stereocenters. The molecule has 0 spiro atoms. The first-order valence-electron chi connectivity index (χ1n) is 7.00. The van der Waals surface area contributed by atoms with Crippen LogP contribution in [0.2, 0.25) is 0 Å². The zero-order valence-electron chi connectivity index (χ0n) is 12.1. The van der Waals surface area contributed by atoms with Crippen molar-refractivity contribution in [1.29, 1.82) is 0 Å². The molecule has 2 aromatic carbocycles. The fourth-order valence-corrected chi connectivity index (χ4v) is 2.61. The van der Waals surface area contributed by atoms with Crippen LogP contribution in [0.15, 0.2) is 53.0 Å². The summed E-state index contributed by atoms with van der Waals surface area (Å²) in [7, 11) is 0. The fourth-order valence-electron chi connectivity index (χ4n) is 2.21. The Bertz CT molecular complexity index is 628. The lowest BCUT2D eigenvalue weighted by Crippen LogP contribution is -2.31. The number of amides is 1. The topological polar surface area (TPSA) is 46.3 Å². The molecule has 2 rings (SSSR count). The minimum absolute atomic E-state index is 0.0291. The second kappa shape index (κ2) is 7.27. The molecule has 0 saturated carbocycles. The van der Waals surface area contributed by atoms with Crippen molar-refractivity contribution in [3.05, 3.63) is 64.1 Å². The highest BCUT2D eigenvalue weighted by Crippen LogP contribution is 2.18. The molecule has 0 aliphatic carbocycles. The summed E-state index contributed by atoms with van der Waals surface area (Å²) in [6.45, 7) is 3.31. The Morgan fingerprint density at radius 1 is 1.19 bits per heavy atom. The van der Waals surface area contributed by atoms with Gasteiger partial charge in [-0.1, -0.05) is 47.1 Å². The van der Waals surface area contributed by atoms with Gasteiger partial charge in [-0.15, -0.1) is 0 Å². The van der Waals surface area contributed by atoms with E-state index in [1.807, 2.05) is 53.4 Å². The summed E-state index contributed by atoms with van der Waals surface area (Å²) in [5, 5.41) is 0. The quantitative estimate of drug-likeness (QED) is 0.829. The zero-order valence-corrected chi connectivity index (χ0v) is 13.6. The van der Waals surface area contributed by atoms with E-state index in [0.717, 1.165) is 22.1 Å². The number of nitrogens with zero attached hydrogens (tertiary/aromatic N) is 1. The van der Waals surface area contributed by atoms with E-state index >= 15 is 0 Å². The monoisotopic (exact) mass is 346 g/mol. The van der Waals surface area contributed by atoms with Crippen LogP contribution in [0.25, 0.3) is 0 Å².